The van der Waals surface area contributed by atoms with Crippen molar-refractivity contribution in [1.82, 2.24) is 0 Å². The molecule has 6 rings (SSSR count). The van der Waals surface area contributed by atoms with Crippen molar-refractivity contribution < 1.29 is 9.53 Å². The third kappa shape index (κ3) is 1.89. The van der Waals surface area contributed by atoms with E-state index in [2.05, 4.69) is 54.6 Å². The summed E-state index contributed by atoms with van der Waals surface area (Å²) in [5.74, 6) is 0.870. The summed E-state index contributed by atoms with van der Waals surface area (Å²) in [6.07, 6.45) is 4.70. The summed E-state index contributed by atoms with van der Waals surface area (Å²) < 4.78 is 6.55. The first-order chi connectivity index (χ1) is 11.8. The quantitative estimate of drug-likeness (QED) is 0.746. The molecule has 2 nitrogen and oxygen atoms in total. The van der Waals surface area contributed by atoms with Gasteiger partial charge in [-0.2, -0.15) is 0 Å². The molecule has 2 aromatic rings. The van der Waals surface area contributed by atoms with E-state index in [1.807, 2.05) is 0 Å². The zero-order chi connectivity index (χ0) is 16.1. The number of carbonyl (C=O) groups excluding carboxylic acids is 1. The predicted molar refractivity (Wildman–Crippen MR) is 93.0 cm³/mol. The van der Waals surface area contributed by atoms with Crippen LogP contribution in [0.5, 0.6) is 0 Å². The largest absolute Gasteiger partial charge is 0.359 e. The van der Waals surface area contributed by atoms with Crippen LogP contribution in [0.3, 0.4) is 0 Å². The van der Waals surface area contributed by atoms with Gasteiger partial charge in [-0.25, -0.2) is 0 Å². The van der Waals surface area contributed by atoms with Gasteiger partial charge in [0.25, 0.3) is 0 Å². The molecule has 0 aromatic heterocycles. The molecule has 2 heterocycles. The molecule has 2 bridgehead atoms. The number of fused-ring (bicyclic) bond motifs is 1. The third-order valence-electron chi connectivity index (χ3n) is 6.31. The van der Waals surface area contributed by atoms with Crippen LogP contribution in [0.15, 0.2) is 54.6 Å². The number of ether oxygens (including phenoxy) is 1. The van der Waals surface area contributed by atoms with Crippen LogP contribution < -0.4 is 0 Å². The van der Waals surface area contributed by atoms with Gasteiger partial charge >= 0.3 is 0 Å². The maximum atomic E-state index is 13.0. The lowest BCUT2D eigenvalue weighted by molar-refractivity contribution is -0.188. The van der Waals surface area contributed by atoms with Gasteiger partial charge in [0.2, 0.25) is 0 Å². The molecule has 4 aliphatic rings. The first kappa shape index (κ1) is 14.4. The Morgan fingerprint density at radius 1 is 0.917 bits per heavy atom. The van der Waals surface area contributed by atoms with Crippen molar-refractivity contribution in [3.8, 4) is 0 Å². The highest BCUT2D eigenvalue weighted by atomic mass is 16.5. The number of ketones is 1. The summed E-state index contributed by atoms with van der Waals surface area (Å²) in [6.45, 7) is 0. The van der Waals surface area contributed by atoms with Crippen molar-refractivity contribution in [2.24, 2.45) is 0 Å². The normalized spacial score (nSPS) is 34.3. The summed E-state index contributed by atoms with van der Waals surface area (Å²) in [5.41, 5.74) is 3.42. The SMILES string of the molecule is O=C1CCCCC12OC1CC(c3ccccc3)[C@@H]2c2ccccc21. The van der Waals surface area contributed by atoms with Gasteiger partial charge in [-0.15, -0.1) is 0 Å². The molecular formula is C22H22O2. The molecule has 1 spiro atoms. The average Bonchev–Trinajstić information content (AvgIpc) is 2.65. The summed E-state index contributed by atoms with van der Waals surface area (Å²) in [4.78, 5) is 13.0. The van der Waals surface area contributed by atoms with E-state index < -0.39 is 5.60 Å². The number of hydrogen-bond donors (Lipinski definition) is 0. The van der Waals surface area contributed by atoms with Crippen LogP contribution in [-0.2, 0) is 9.53 Å². The Kier molecular flexibility index (Phi) is 3.18. The van der Waals surface area contributed by atoms with E-state index in [9.17, 15) is 4.79 Å². The molecule has 2 fully saturated rings. The Balaban J connectivity index is 1.70. The molecule has 3 unspecified atom stereocenters. The fraction of sp³-hybridized carbons (Fsp3) is 0.409. The number of rotatable bonds is 1. The molecule has 0 amide bonds. The van der Waals surface area contributed by atoms with Crippen molar-refractivity contribution in [2.45, 2.75) is 55.6 Å². The molecule has 0 radical (unpaired) electrons. The van der Waals surface area contributed by atoms with Gasteiger partial charge < -0.3 is 4.74 Å². The van der Waals surface area contributed by atoms with Gasteiger partial charge in [-0.1, -0.05) is 54.6 Å². The smallest absolute Gasteiger partial charge is 0.165 e. The van der Waals surface area contributed by atoms with Crippen LogP contribution in [-0.4, -0.2) is 11.4 Å². The Morgan fingerprint density at radius 2 is 1.67 bits per heavy atom. The number of benzene rings is 2. The fourth-order valence-corrected chi connectivity index (χ4v) is 5.32. The standard InChI is InChI=1S/C22H22O2/c23-20-12-6-7-13-22(20)21-17-11-5-4-10-16(17)19(24-22)14-18(21)15-8-2-1-3-9-15/h1-5,8-11,18-19,21H,6-7,12-14H2/t18?,19?,21-,22?/m0/s1. The highest BCUT2D eigenvalue weighted by Crippen LogP contribution is 2.62. The van der Waals surface area contributed by atoms with E-state index in [1.165, 1.54) is 16.7 Å². The molecular weight excluding hydrogens is 296 g/mol. The second-order valence-electron chi connectivity index (χ2n) is 7.49. The fourth-order valence-electron chi connectivity index (χ4n) is 5.32. The molecule has 122 valence electrons. The molecule has 2 aliphatic heterocycles. The maximum absolute atomic E-state index is 13.0. The van der Waals surface area contributed by atoms with Crippen LogP contribution in [0.2, 0.25) is 0 Å². The van der Waals surface area contributed by atoms with E-state index >= 15 is 0 Å². The molecule has 0 N–H and O–H groups in total. The minimum Gasteiger partial charge on any atom is -0.359 e. The minimum atomic E-state index is -0.587. The van der Waals surface area contributed by atoms with E-state index in [-0.39, 0.29) is 12.0 Å². The van der Waals surface area contributed by atoms with Crippen LogP contribution in [0, 0.1) is 0 Å². The lowest BCUT2D eigenvalue weighted by Crippen LogP contribution is -2.57. The monoisotopic (exact) mass is 318 g/mol. The predicted octanol–water partition coefficient (Wildman–Crippen LogP) is 4.91. The number of Topliss-reactive ketones (excluding diaryl/α,β-unsaturated/α-hetero) is 1. The first-order valence-electron chi connectivity index (χ1n) is 9.14. The first-order valence-corrected chi connectivity index (χ1v) is 9.14. The molecule has 1 saturated heterocycles. The number of hydrogen-bond acceptors (Lipinski definition) is 2. The van der Waals surface area contributed by atoms with Gasteiger partial charge in [0.1, 0.15) is 5.60 Å². The van der Waals surface area contributed by atoms with E-state index in [0.717, 1.165) is 25.7 Å². The Hall–Kier alpha value is -1.93. The highest BCUT2D eigenvalue weighted by Gasteiger charge is 2.59. The van der Waals surface area contributed by atoms with Crippen molar-refractivity contribution in [1.29, 1.82) is 0 Å². The second kappa shape index (κ2) is 5.29. The van der Waals surface area contributed by atoms with Crippen molar-refractivity contribution in [3.05, 3.63) is 71.3 Å². The molecule has 4 atom stereocenters. The van der Waals surface area contributed by atoms with Crippen molar-refractivity contribution in [3.63, 3.8) is 0 Å². The van der Waals surface area contributed by atoms with Gasteiger partial charge in [0.15, 0.2) is 5.78 Å². The van der Waals surface area contributed by atoms with Crippen LogP contribution >= 0.6 is 0 Å². The van der Waals surface area contributed by atoms with Crippen molar-refractivity contribution in [2.75, 3.05) is 0 Å². The zero-order valence-electron chi connectivity index (χ0n) is 13.8. The van der Waals surface area contributed by atoms with Crippen LogP contribution in [0.4, 0.5) is 0 Å². The molecule has 2 heteroatoms. The lowest BCUT2D eigenvalue weighted by Gasteiger charge is -2.56. The minimum absolute atomic E-state index is 0.0541. The van der Waals surface area contributed by atoms with Gasteiger partial charge in [0.05, 0.1) is 6.10 Å². The van der Waals surface area contributed by atoms with Gasteiger partial charge in [-0.3, -0.25) is 4.79 Å². The zero-order valence-corrected chi connectivity index (χ0v) is 13.8. The second-order valence-corrected chi connectivity index (χ2v) is 7.49. The third-order valence-corrected chi connectivity index (χ3v) is 6.31. The Bertz CT molecular complexity index is 782. The van der Waals surface area contributed by atoms with Crippen LogP contribution in [0.1, 0.15) is 66.7 Å². The summed E-state index contributed by atoms with van der Waals surface area (Å²) in [6, 6.07) is 19.3. The summed E-state index contributed by atoms with van der Waals surface area (Å²) in [5, 5.41) is 0. The van der Waals surface area contributed by atoms with Gasteiger partial charge in [0, 0.05) is 12.3 Å². The lowest BCUT2D eigenvalue weighted by atomic mass is 9.58. The Morgan fingerprint density at radius 3 is 2.46 bits per heavy atom. The summed E-state index contributed by atoms with van der Waals surface area (Å²) >= 11 is 0. The number of carbonyl (C=O) groups is 1. The average molecular weight is 318 g/mol. The van der Waals surface area contributed by atoms with Crippen molar-refractivity contribution >= 4 is 5.78 Å². The Labute approximate surface area is 142 Å². The van der Waals surface area contributed by atoms with E-state index in [4.69, 9.17) is 4.74 Å². The topological polar surface area (TPSA) is 26.3 Å². The molecule has 2 aromatic carbocycles. The van der Waals surface area contributed by atoms with Crippen LogP contribution in [0.25, 0.3) is 0 Å². The van der Waals surface area contributed by atoms with E-state index in [0.29, 0.717) is 18.1 Å². The van der Waals surface area contributed by atoms with Gasteiger partial charge in [-0.05, 0) is 48.3 Å². The molecule has 24 heavy (non-hydrogen) atoms. The molecule has 2 aliphatic carbocycles. The maximum Gasteiger partial charge on any atom is 0.165 e. The molecule has 1 saturated carbocycles. The summed E-state index contributed by atoms with van der Waals surface area (Å²) in [7, 11) is 0. The highest BCUT2D eigenvalue weighted by molar-refractivity contribution is 5.90. The van der Waals surface area contributed by atoms with E-state index in [1.54, 1.807) is 0 Å².